The molecule has 2 rings (SSSR count). The first-order chi connectivity index (χ1) is 9.79. The number of halogens is 1. The molecule has 0 bridgehead atoms. The summed E-state index contributed by atoms with van der Waals surface area (Å²) in [7, 11) is 0. The number of anilines is 1. The molecule has 0 spiro atoms. The van der Waals surface area contributed by atoms with Crippen LogP contribution in [0.2, 0.25) is 5.02 Å². The third-order valence-corrected chi connectivity index (χ3v) is 2.90. The van der Waals surface area contributed by atoms with Gasteiger partial charge in [-0.15, -0.1) is 0 Å². The Labute approximate surface area is 124 Å². The summed E-state index contributed by atoms with van der Waals surface area (Å²) >= 11 is 5.92. The fourth-order valence-corrected chi connectivity index (χ4v) is 1.99. The van der Waals surface area contributed by atoms with Gasteiger partial charge in [0, 0.05) is 17.3 Å². The van der Waals surface area contributed by atoms with Crippen LogP contribution in [0.1, 0.15) is 6.92 Å². The molecule has 106 valence electrons. The van der Waals surface area contributed by atoms with E-state index >= 15 is 0 Å². The second kappa shape index (κ2) is 7.65. The molecule has 0 unspecified atom stereocenters. The van der Waals surface area contributed by atoms with E-state index in [1.807, 2.05) is 55.5 Å². The van der Waals surface area contributed by atoms with E-state index in [4.69, 9.17) is 21.1 Å². The van der Waals surface area contributed by atoms with Gasteiger partial charge in [0.25, 0.3) is 0 Å². The molecule has 0 aromatic heterocycles. The maximum absolute atomic E-state index is 5.92. The lowest BCUT2D eigenvalue weighted by atomic mass is 10.3. The minimum absolute atomic E-state index is 0.552. The number of hydrogen-bond acceptors (Lipinski definition) is 3. The first-order valence-corrected chi connectivity index (χ1v) is 7.01. The van der Waals surface area contributed by atoms with E-state index in [1.165, 1.54) is 0 Å². The molecule has 1 N–H and O–H groups in total. The highest BCUT2D eigenvalue weighted by Gasteiger charge is 2.02. The van der Waals surface area contributed by atoms with Gasteiger partial charge >= 0.3 is 0 Å². The van der Waals surface area contributed by atoms with Crippen LogP contribution in [0, 0.1) is 0 Å². The van der Waals surface area contributed by atoms with Gasteiger partial charge in [-0.2, -0.15) is 0 Å². The zero-order valence-electron chi connectivity index (χ0n) is 11.4. The number of benzene rings is 2. The smallest absolute Gasteiger partial charge is 0.161 e. The Morgan fingerprint density at radius 1 is 1.00 bits per heavy atom. The molecular weight excluding hydrogens is 274 g/mol. The third kappa shape index (κ3) is 4.35. The minimum Gasteiger partial charge on any atom is -0.490 e. The predicted octanol–water partition coefficient (Wildman–Crippen LogP) is 4.23. The topological polar surface area (TPSA) is 30.5 Å². The SMILES string of the molecule is CCOc1ccccc1OCCNc1cccc(Cl)c1. The largest absolute Gasteiger partial charge is 0.490 e. The van der Waals surface area contributed by atoms with Crippen molar-refractivity contribution in [2.45, 2.75) is 6.92 Å². The monoisotopic (exact) mass is 291 g/mol. The standard InChI is InChI=1S/C16H18ClNO2/c1-2-19-15-8-3-4-9-16(15)20-11-10-18-14-7-5-6-13(17)12-14/h3-9,12,18H,2,10-11H2,1H3. The molecule has 2 aromatic rings. The van der Waals surface area contributed by atoms with Crippen LogP contribution in [0.25, 0.3) is 0 Å². The maximum atomic E-state index is 5.92. The fraction of sp³-hybridized carbons (Fsp3) is 0.250. The van der Waals surface area contributed by atoms with Crippen molar-refractivity contribution in [3.63, 3.8) is 0 Å². The van der Waals surface area contributed by atoms with Gasteiger partial charge in [0.05, 0.1) is 6.61 Å². The van der Waals surface area contributed by atoms with E-state index < -0.39 is 0 Å². The Bertz CT molecular complexity index is 546. The zero-order chi connectivity index (χ0) is 14.2. The van der Waals surface area contributed by atoms with Crippen LogP contribution in [0.15, 0.2) is 48.5 Å². The third-order valence-electron chi connectivity index (χ3n) is 2.66. The van der Waals surface area contributed by atoms with Crippen LogP contribution in [-0.4, -0.2) is 19.8 Å². The molecule has 4 heteroatoms. The van der Waals surface area contributed by atoms with Crippen molar-refractivity contribution in [1.82, 2.24) is 0 Å². The number of rotatable bonds is 7. The quantitative estimate of drug-likeness (QED) is 0.774. The van der Waals surface area contributed by atoms with Crippen LogP contribution in [0.3, 0.4) is 0 Å². The van der Waals surface area contributed by atoms with Gasteiger partial charge in [-0.1, -0.05) is 29.8 Å². The van der Waals surface area contributed by atoms with Crippen molar-refractivity contribution >= 4 is 17.3 Å². The average Bonchev–Trinajstić information content (AvgIpc) is 2.46. The normalized spacial score (nSPS) is 10.1. The van der Waals surface area contributed by atoms with Gasteiger partial charge < -0.3 is 14.8 Å². The predicted molar refractivity (Wildman–Crippen MR) is 83.0 cm³/mol. The number of para-hydroxylation sites is 2. The molecule has 0 radical (unpaired) electrons. The van der Waals surface area contributed by atoms with Crippen LogP contribution in [0.4, 0.5) is 5.69 Å². The van der Waals surface area contributed by atoms with E-state index in [2.05, 4.69) is 5.32 Å². The molecule has 0 atom stereocenters. The number of ether oxygens (including phenoxy) is 2. The van der Waals surface area contributed by atoms with Crippen molar-refractivity contribution in [2.24, 2.45) is 0 Å². The van der Waals surface area contributed by atoms with Crippen molar-refractivity contribution in [2.75, 3.05) is 25.1 Å². The Hall–Kier alpha value is -1.87. The average molecular weight is 292 g/mol. The van der Waals surface area contributed by atoms with Gasteiger partial charge in [0.2, 0.25) is 0 Å². The summed E-state index contributed by atoms with van der Waals surface area (Å²) in [5, 5.41) is 3.98. The molecule has 0 aliphatic heterocycles. The number of nitrogens with one attached hydrogen (secondary N) is 1. The number of hydrogen-bond donors (Lipinski definition) is 1. The Balaban J connectivity index is 1.81. The Morgan fingerprint density at radius 2 is 1.75 bits per heavy atom. The second-order valence-electron chi connectivity index (χ2n) is 4.17. The van der Waals surface area contributed by atoms with Gasteiger partial charge in [0.1, 0.15) is 6.61 Å². The van der Waals surface area contributed by atoms with E-state index in [0.29, 0.717) is 19.8 Å². The highest BCUT2D eigenvalue weighted by Crippen LogP contribution is 2.26. The summed E-state index contributed by atoms with van der Waals surface area (Å²) < 4.78 is 11.2. The van der Waals surface area contributed by atoms with Gasteiger partial charge in [-0.3, -0.25) is 0 Å². The van der Waals surface area contributed by atoms with Gasteiger partial charge in [-0.25, -0.2) is 0 Å². The Kier molecular flexibility index (Phi) is 5.56. The molecule has 0 fully saturated rings. The van der Waals surface area contributed by atoms with Crippen molar-refractivity contribution in [1.29, 1.82) is 0 Å². The highest BCUT2D eigenvalue weighted by atomic mass is 35.5. The van der Waals surface area contributed by atoms with Gasteiger partial charge in [0.15, 0.2) is 11.5 Å². The Morgan fingerprint density at radius 3 is 2.45 bits per heavy atom. The lowest BCUT2D eigenvalue weighted by Crippen LogP contribution is -2.12. The molecule has 0 saturated heterocycles. The zero-order valence-corrected chi connectivity index (χ0v) is 12.2. The summed E-state index contributed by atoms with van der Waals surface area (Å²) in [5.74, 6) is 1.54. The molecule has 0 heterocycles. The highest BCUT2D eigenvalue weighted by molar-refractivity contribution is 6.30. The summed E-state index contributed by atoms with van der Waals surface area (Å²) in [6.45, 7) is 3.83. The van der Waals surface area contributed by atoms with Crippen molar-refractivity contribution in [3.8, 4) is 11.5 Å². The summed E-state index contributed by atoms with van der Waals surface area (Å²) in [6, 6.07) is 15.3. The summed E-state index contributed by atoms with van der Waals surface area (Å²) in [5.41, 5.74) is 0.985. The van der Waals surface area contributed by atoms with E-state index in [1.54, 1.807) is 0 Å². The molecular formula is C16H18ClNO2. The van der Waals surface area contributed by atoms with E-state index in [9.17, 15) is 0 Å². The lowest BCUT2D eigenvalue weighted by molar-refractivity contribution is 0.284. The molecule has 0 saturated carbocycles. The molecule has 0 aliphatic rings. The second-order valence-corrected chi connectivity index (χ2v) is 4.60. The molecule has 20 heavy (non-hydrogen) atoms. The molecule has 2 aromatic carbocycles. The van der Waals surface area contributed by atoms with Crippen LogP contribution >= 0.6 is 11.6 Å². The molecule has 0 aliphatic carbocycles. The fourth-order valence-electron chi connectivity index (χ4n) is 1.80. The summed E-state index contributed by atoms with van der Waals surface area (Å²) in [6.07, 6.45) is 0. The van der Waals surface area contributed by atoms with Crippen molar-refractivity contribution in [3.05, 3.63) is 53.6 Å². The molecule has 3 nitrogen and oxygen atoms in total. The van der Waals surface area contributed by atoms with Crippen LogP contribution in [-0.2, 0) is 0 Å². The summed E-state index contributed by atoms with van der Waals surface area (Å²) in [4.78, 5) is 0. The van der Waals surface area contributed by atoms with Gasteiger partial charge in [-0.05, 0) is 37.3 Å². The maximum Gasteiger partial charge on any atom is 0.161 e. The van der Waals surface area contributed by atoms with E-state index in [-0.39, 0.29) is 0 Å². The van der Waals surface area contributed by atoms with Crippen molar-refractivity contribution < 1.29 is 9.47 Å². The van der Waals surface area contributed by atoms with Crippen LogP contribution < -0.4 is 14.8 Å². The van der Waals surface area contributed by atoms with Crippen LogP contribution in [0.5, 0.6) is 11.5 Å². The van der Waals surface area contributed by atoms with E-state index in [0.717, 1.165) is 22.2 Å². The first-order valence-electron chi connectivity index (χ1n) is 6.63. The first kappa shape index (κ1) is 14.5. The lowest BCUT2D eigenvalue weighted by Gasteiger charge is -2.12. The minimum atomic E-state index is 0.552. The molecule has 0 amide bonds.